The van der Waals surface area contributed by atoms with Crippen LogP contribution in [0.1, 0.15) is 12.8 Å². The van der Waals surface area contributed by atoms with Gasteiger partial charge in [0, 0.05) is 18.8 Å². The zero-order chi connectivity index (χ0) is 6.72. The largest absolute Gasteiger partial charge is 0.369 e. The first-order valence-electron chi connectivity index (χ1n) is 3.83. The molecule has 1 saturated carbocycles. The van der Waals surface area contributed by atoms with E-state index in [0.29, 0.717) is 24.2 Å². The molecular formula is C7H10O3. The molecule has 3 fully saturated rings. The second-order valence-corrected chi connectivity index (χ2v) is 3.40. The van der Waals surface area contributed by atoms with Gasteiger partial charge in [-0.1, -0.05) is 0 Å². The molecule has 2 saturated heterocycles. The third-order valence-electron chi connectivity index (χ3n) is 2.79. The SMILES string of the molecule is OC1C[C@@H]2[C@@H]3O[C@@H]3C[C@@H]2O1. The second kappa shape index (κ2) is 1.55. The van der Waals surface area contributed by atoms with Gasteiger partial charge in [-0.3, -0.25) is 0 Å². The fraction of sp³-hybridized carbons (Fsp3) is 1.00. The van der Waals surface area contributed by atoms with Gasteiger partial charge in [-0.25, -0.2) is 0 Å². The summed E-state index contributed by atoms with van der Waals surface area (Å²) in [5.74, 6) is 0.500. The monoisotopic (exact) mass is 142 g/mol. The summed E-state index contributed by atoms with van der Waals surface area (Å²) in [5.41, 5.74) is 0. The van der Waals surface area contributed by atoms with Crippen molar-refractivity contribution in [1.82, 2.24) is 0 Å². The normalized spacial score (nSPS) is 63.9. The minimum atomic E-state index is -0.514. The minimum Gasteiger partial charge on any atom is -0.369 e. The molecule has 3 nitrogen and oxygen atoms in total. The Morgan fingerprint density at radius 1 is 1.10 bits per heavy atom. The first kappa shape index (κ1) is 5.52. The van der Waals surface area contributed by atoms with Gasteiger partial charge < -0.3 is 14.6 Å². The fourth-order valence-electron chi connectivity index (χ4n) is 2.27. The van der Waals surface area contributed by atoms with Crippen molar-refractivity contribution in [2.75, 3.05) is 0 Å². The Hall–Kier alpha value is -0.120. The molecule has 3 aliphatic rings. The Bertz CT molecular complexity index is 168. The maximum atomic E-state index is 9.09. The van der Waals surface area contributed by atoms with Gasteiger partial charge in [0.2, 0.25) is 0 Å². The summed E-state index contributed by atoms with van der Waals surface area (Å²) in [6, 6.07) is 0. The molecule has 0 spiro atoms. The van der Waals surface area contributed by atoms with Crippen LogP contribution in [0.25, 0.3) is 0 Å². The van der Waals surface area contributed by atoms with Gasteiger partial charge in [-0.2, -0.15) is 0 Å². The Kier molecular flexibility index (Phi) is 0.854. The molecule has 0 amide bonds. The van der Waals surface area contributed by atoms with Crippen LogP contribution in [0.5, 0.6) is 0 Å². The number of aliphatic hydroxyl groups excluding tert-OH is 1. The first-order chi connectivity index (χ1) is 4.84. The predicted molar refractivity (Wildman–Crippen MR) is 32.3 cm³/mol. The van der Waals surface area contributed by atoms with Gasteiger partial charge in [-0.15, -0.1) is 0 Å². The number of rotatable bonds is 0. The molecule has 0 radical (unpaired) electrons. The highest BCUT2D eigenvalue weighted by molar-refractivity contribution is 5.05. The second-order valence-electron chi connectivity index (χ2n) is 3.40. The van der Waals surface area contributed by atoms with Crippen LogP contribution in [-0.2, 0) is 9.47 Å². The van der Waals surface area contributed by atoms with E-state index in [4.69, 9.17) is 14.6 Å². The molecule has 1 aliphatic carbocycles. The van der Waals surface area contributed by atoms with Gasteiger partial charge in [0.05, 0.1) is 18.3 Å². The van der Waals surface area contributed by atoms with E-state index < -0.39 is 6.29 Å². The van der Waals surface area contributed by atoms with E-state index in [0.717, 1.165) is 12.8 Å². The number of epoxide rings is 1. The maximum absolute atomic E-state index is 9.09. The molecule has 1 N–H and O–H groups in total. The first-order valence-corrected chi connectivity index (χ1v) is 3.83. The topological polar surface area (TPSA) is 42.0 Å². The highest BCUT2D eigenvalue weighted by Crippen LogP contribution is 2.49. The van der Waals surface area contributed by atoms with Gasteiger partial charge in [0.15, 0.2) is 6.29 Å². The zero-order valence-corrected chi connectivity index (χ0v) is 5.56. The smallest absolute Gasteiger partial charge is 0.155 e. The summed E-state index contributed by atoms with van der Waals surface area (Å²) in [6.07, 6.45) is 2.49. The van der Waals surface area contributed by atoms with Crippen LogP contribution < -0.4 is 0 Å². The molecule has 0 aromatic rings. The van der Waals surface area contributed by atoms with Crippen LogP contribution >= 0.6 is 0 Å². The molecule has 5 atom stereocenters. The van der Waals surface area contributed by atoms with E-state index in [2.05, 4.69) is 0 Å². The molecule has 2 heterocycles. The van der Waals surface area contributed by atoms with Crippen LogP contribution in [0.3, 0.4) is 0 Å². The summed E-state index contributed by atoms with van der Waals surface area (Å²) in [4.78, 5) is 0. The molecule has 2 aliphatic heterocycles. The van der Waals surface area contributed by atoms with Gasteiger partial charge in [0.25, 0.3) is 0 Å². The van der Waals surface area contributed by atoms with E-state index in [9.17, 15) is 0 Å². The molecule has 10 heavy (non-hydrogen) atoms. The van der Waals surface area contributed by atoms with Crippen molar-refractivity contribution in [3.8, 4) is 0 Å². The number of hydrogen-bond acceptors (Lipinski definition) is 3. The summed E-state index contributed by atoms with van der Waals surface area (Å²) in [7, 11) is 0. The fourth-order valence-corrected chi connectivity index (χ4v) is 2.27. The molecule has 0 bridgehead atoms. The van der Waals surface area contributed by atoms with Crippen molar-refractivity contribution < 1.29 is 14.6 Å². The highest BCUT2D eigenvalue weighted by atomic mass is 16.6. The van der Waals surface area contributed by atoms with Crippen LogP contribution in [0.15, 0.2) is 0 Å². The van der Waals surface area contributed by atoms with Crippen molar-refractivity contribution in [2.24, 2.45) is 5.92 Å². The highest BCUT2D eigenvalue weighted by Gasteiger charge is 2.59. The summed E-state index contributed by atoms with van der Waals surface area (Å²) in [6.45, 7) is 0. The van der Waals surface area contributed by atoms with Crippen molar-refractivity contribution in [3.63, 3.8) is 0 Å². The minimum absolute atomic E-state index is 0.304. The molecule has 3 rings (SSSR count). The lowest BCUT2D eigenvalue weighted by Gasteiger charge is -2.08. The number of aliphatic hydroxyl groups is 1. The molecule has 3 heteroatoms. The Balaban J connectivity index is 1.82. The van der Waals surface area contributed by atoms with Crippen molar-refractivity contribution in [2.45, 2.75) is 37.4 Å². The van der Waals surface area contributed by atoms with Crippen LogP contribution in [0.2, 0.25) is 0 Å². The summed E-state index contributed by atoms with van der Waals surface area (Å²) < 4.78 is 10.6. The Morgan fingerprint density at radius 2 is 2.00 bits per heavy atom. The Labute approximate surface area is 58.9 Å². The van der Waals surface area contributed by atoms with Crippen molar-refractivity contribution in [3.05, 3.63) is 0 Å². The zero-order valence-electron chi connectivity index (χ0n) is 5.56. The lowest BCUT2D eigenvalue weighted by molar-refractivity contribution is -0.0943. The quantitative estimate of drug-likeness (QED) is 0.479. The van der Waals surface area contributed by atoms with Crippen molar-refractivity contribution >= 4 is 0 Å². The molecule has 56 valence electrons. The lowest BCUT2D eigenvalue weighted by Crippen LogP contribution is -2.14. The predicted octanol–water partition coefficient (Wildman–Crippen LogP) is -0.119. The maximum Gasteiger partial charge on any atom is 0.155 e. The molecule has 0 aromatic carbocycles. The third kappa shape index (κ3) is 0.557. The van der Waals surface area contributed by atoms with E-state index in [1.807, 2.05) is 0 Å². The standard InChI is InChI=1S/C7H10O3/c8-6-1-3-4(9-6)2-5-7(3)10-5/h3-8H,1-2H2/t3-,4-,5+,6?,7-/m0/s1. The van der Waals surface area contributed by atoms with E-state index >= 15 is 0 Å². The summed E-state index contributed by atoms with van der Waals surface area (Å²) >= 11 is 0. The van der Waals surface area contributed by atoms with Crippen LogP contribution in [-0.4, -0.2) is 29.7 Å². The van der Waals surface area contributed by atoms with Gasteiger partial charge >= 0.3 is 0 Å². The Morgan fingerprint density at radius 3 is 2.80 bits per heavy atom. The van der Waals surface area contributed by atoms with Gasteiger partial charge in [0.1, 0.15) is 0 Å². The average molecular weight is 142 g/mol. The number of hydrogen-bond donors (Lipinski definition) is 1. The van der Waals surface area contributed by atoms with Gasteiger partial charge in [-0.05, 0) is 0 Å². The van der Waals surface area contributed by atoms with E-state index in [1.54, 1.807) is 0 Å². The third-order valence-corrected chi connectivity index (χ3v) is 2.79. The summed E-state index contributed by atoms with van der Waals surface area (Å²) in [5, 5.41) is 9.09. The molecular weight excluding hydrogens is 132 g/mol. The average Bonchev–Trinajstić information content (AvgIpc) is 2.40. The number of ether oxygens (including phenoxy) is 2. The van der Waals surface area contributed by atoms with Crippen molar-refractivity contribution in [1.29, 1.82) is 0 Å². The lowest BCUT2D eigenvalue weighted by atomic mass is 10.0. The molecule has 1 unspecified atom stereocenters. The van der Waals surface area contributed by atoms with Crippen LogP contribution in [0, 0.1) is 5.92 Å². The van der Waals surface area contributed by atoms with Crippen LogP contribution in [0.4, 0.5) is 0 Å². The number of fused-ring (bicyclic) bond motifs is 3. The molecule has 0 aromatic heterocycles. The van der Waals surface area contributed by atoms with E-state index in [-0.39, 0.29) is 0 Å². The van der Waals surface area contributed by atoms with E-state index in [1.165, 1.54) is 0 Å².